The van der Waals surface area contributed by atoms with Gasteiger partial charge in [-0.3, -0.25) is 0 Å². The molecular formula is C14H18BrClO. The Morgan fingerprint density at radius 1 is 1.47 bits per heavy atom. The number of rotatable bonds is 5. The van der Waals surface area contributed by atoms with E-state index >= 15 is 0 Å². The quantitative estimate of drug-likeness (QED) is 0.668. The molecule has 0 aromatic heterocycles. The Bertz CT molecular complexity index is 376. The molecule has 1 aliphatic rings. The number of halogens is 2. The third kappa shape index (κ3) is 3.38. The normalized spacial score (nSPS) is 17.6. The second-order valence-electron chi connectivity index (χ2n) is 4.62. The maximum atomic E-state index is 6.45. The van der Waals surface area contributed by atoms with Crippen molar-refractivity contribution in [2.75, 3.05) is 6.61 Å². The van der Waals surface area contributed by atoms with Crippen molar-refractivity contribution >= 4 is 27.5 Å². The predicted octanol–water partition coefficient (Wildman–Crippen LogP) is 5.32. The molecule has 0 heterocycles. The second-order valence-corrected chi connectivity index (χ2v) is 6.00. The summed E-state index contributed by atoms with van der Waals surface area (Å²) >= 11 is 9.98. The van der Waals surface area contributed by atoms with Gasteiger partial charge in [-0.25, -0.2) is 0 Å². The lowest BCUT2D eigenvalue weighted by Crippen LogP contribution is -2.12. The van der Waals surface area contributed by atoms with Crippen LogP contribution in [0.4, 0.5) is 0 Å². The van der Waals surface area contributed by atoms with Crippen LogP contribution in [-0.2, 0) is 0 Å². The van der Waals surface area contributed by atoms with Crippen LogP contribution in [-0.4, -0.2) is 6.61 Å². The first-order valence-corrected chi connectivity index (χ1v) is 7.50. The lowest BCUT2D eigenvalue weighted by molar-refractivity contribution is 0.293. The van der Waals surface area contributed by atoms with Gasteiger partial charge in [0.2, 0.25) is 0 Å². The van der Waals surface area contributed by atoms with E-state index in [0.717, 1.165) is 22.6 Å². The molecule has 0 amide bonds. The molecule has 3 heteroatoms. The van der Waals surface area contributed by atoms with Crippen LogP contribution in [0.5, 0.6) is 5.75 Å². The largest absolute Gasteiger partial charge is 0.493 e. The number of hydrogen-bond donors (Lipinski definition) is 0. The van der Waals surface area contributed by atoms with E-state index in [1.807, 2.05) is 13.0 Å². The summed E-state index contributed by atoms with van der Waals surface area (Å²) in [4.78, 5) is 0. The summed E-state index contributed by atoms with van der Waals surface area (Å²) in [5.41, 5.74) is 1.19. The van der Waals surface area contributed by atoms with Gasteiger partial charge in [0.25, 0.3) is 0 Å². The van der Waals surface area contributed by atoms with Gasteiger partial charge >= 0.3 is 0 Å². The molecule has 0 N–H and O–H groups in total. The Kier molecular flexibility index (Phi) is 4.75. The molecule has 1 fully saturated rings. The van der Waals surface area contributed by atoms with Gasteiger partial charge in [0.1, 0.15) is 5.75 Å². The van der Waals surface area contributed by atoms with Crippen LogP contribution in [0.2, 0.25) is 0 Å². The van der Waals surface area contributed by atoms with Crippen molar-refractivity contribution in [1.82, 2.24) is 0 Å². The van der Waals surface area contributed by atoms with Gasteiger partial charge in [0.15, 0.2) is 0 Å². The van der Waals surface area contributed by atoms with Gasteiger partial charge < -0.3 is 4.74 Å². The first-order valence-electron chi connectivity index (χ1n) is 6.27. The molecule has 1 aromatic rings. The molecule has 1 aromatic carbocycles. The van der Waals surface area contributed by atoms with E-state index in [2.05, 4.69) is 28.1 Å². The van der Waals surface area contributed by atoms with Gasteiger partial charge in [0, 0.05) is 0 Å². The van der Waals surface area contributed by atoms with Crippen LogP contribution in [0.15, 0.2) is 22.7 Å². The monoisotopic (exact) mass is 316 g/mol. The highest BCUT2D eigenvalue weighted by molar-refractivity contribution is 9.10. The molecule has 0 radical (unpaired) electrons. The summed E-state index contributed by atoms with van der Waals surface area (Å²) in [7, 11) is 0. The summed E-state index contributed by atoms with van der Waals surface area (Å²) in [6, 6.07) is 6.16. The lowest BCUT2D eigenvalue weighted by Gasteiger charge is -2.27. The zero-order valence-corrected chi connectivity index (χ0v) is 12.4. The number of benzene rings is 1. The minimum absolute atomic E-state index is 0.132. The first-order chi connectivity index (χ1) is 8.20. The fourth-order valence-corrected chi connectivity index (χ4v) is 3.04. The average Bonchev–Trinajstić information content (AvgIpc) is 2.26. The van der Waals surface area contributed by atoms with E-state index in [9.17, 15) is 0 Å². The minimum atomic E-state index is 0.132. The average molecular weight is 318 g/mol. The van der Waals surface area contributed by atoms with Crippen LogP contribution in [0.25, 0.3) is 0 Å². The molecule has 1 atom stereocenters. The van der Waals surface area contributed by atoms with Crippen LogP contribution in [0.3, 0.4) is 0 Å². The number of ether oxygens (including phenoxy) is 1. The summed E-state index contributed by atoms with van der Waals surface area (Å²) in [6.45, 7) is 2.67. The summed E-state index contributed by atoms with van der Waals surface area (Å²) in [5, 5.41) is 0.132. The molecule has 17 heavy (non-hydrogen) atoms. The van der Waals surface area contributed by atoms with Gasteiger partial charge in [-0.1, -0.05) is 25.3 Å². The van der Waals surface area contributed by atoms with E-state index in [0.29, 0.717) is 6.61 Å². The molecule has 2 rings (SSSR count). The smallest absolute Gasteiger partial charge is 0.133 e. The molecule has 1 aliphatic carbocycles. The Balaban J connectivity index is 2.02. The van der Waals surface area contributed by atoms with Crippen molar-refractivity contribution in [3.05, 3.63) is 28.2 Å². The lowest BCUT2D eigenvalue weighted by atomic mass is 9.81. The van der Waals surface area contributed by atoms with Crippen molar-refractivity contribution in [2.45, 2.75) is 38.0 Å². The fraction of sp³-hybridized carbons (Fsp3) is 0.571. The molecule has 1 unspecified atom stereocenters. The van der Waals surface area contributed by atoms with Gasteiger partial charge in [0.05, 0.1) is 16.5 Å². The van der Waals surface area contributed by atoms with E-state index in [1.54, 1.807) is 0 Å². The maximum absolute atomic E-state index is 6.45. The van der Waals surface area contributed by atoms with Gasteiger partial charge in [-0.15, -0.1) is 11.6 Å². The predicted molar refractivity (Wildman–Crippen MR) is 75.9 cm³/mol. The SMILES string of the molecule is CCOc1ccc(C(Cl)CC2CCC2)cc1Br. The molecule has 1 nitrogen and oxygen atoms in total. The van der Waals surface area contributed by atoms with Crippen LogP contribution >= 0.6 is 27.5 Å². The Hall–Kier alpha value is -0.210. The van der Waals surface area contributed by atoms with Crippen molar-refractivity contribution < 1.29 is 4.74 Å². The number of hydrogen-bond acceptors (Lipinski definition) is 1. The summed E-state index contributed by atoms with van der Waals surface area (Å²) in [5.74, 6) is 1.73. The van der Waals surface area contributed by atoms with Crippen molar-refractivity contribution in [3.8, 4) is 5.75 Å². The van der Waals surface area contributed by atoms with Gasteiger partial charge in [-0.2, -0.15) is 0 Å². The highest BCUT2D eigenvalue weighted by Gasteiger charge is 2.22. The van der Waals surface area contributed by atoms with Crippen LogP contribution in [0, 0.1) is 5.92 Å². The van der Waals surface area contributed by atoms with Crippen molar-refractivity contribution in [3.63, 3.8) is 0 Å². The molecule has 0 spiro atoms. The molecule has 1 saturated carbocycles. The van der Waals surface area contributed by atoms with Crippen LogP contribution in [0.1, 0.15) is 43.5 Å². The number of alkyl halides is 1. The molecule has 0 saturated heterocycles. The van der Waals surface area contributed by atoms with Crippen molar-refractivity contribution in [2.24, 2.45) is 5.92 Å². The molecule has 0 bridgehead atoms. The second kappa shape index (κ2) is 6.10. The molecule has 94 valence electrons. The maximum Gasteiger partial charge on any atom is 0.133 e. The zero-order chi connectivity index (χ0) is 12.3. The molecular weight excluding hydrogens is 300 g/mol. The Morgan fingerprint density at radius 2 is 2.24 bits per heavy atom. The zero-order valence-electron chi connectivity index (χ0n) is 10.1. The third-order valence-electron chi connectivity index (χ3n) is 3.38. The molecule has 0 aliphatic heterocycles. The highest BCUT2D eigenvalue weighted by atomic mass is 79.9. The summed E-state index contributed by atoms with van der Waals surface area (Å²) < 4.78 is 6.49. The van der Waals surface area contributed by atoms with E-state index in [4.69, 9.17) is 16.3 Å². The van der Waals surface area contributed by atoms with Crippen molar-refractivity contribution in [1.29, 1.82) is 0 Å². The Morgan fingerprint density at radius 3 is 2.76 bits per heavy atom. The summed E-state index contributed by atoms with van der Waals surface area (Å²) in [6.07, 6.45) is 5.17. The van der Waals surface area contributed by atoms with E-state index in [1.165, 1.54) is 24.8 Å². The topological polar surface area (TPSA) is 9.23 Å². The highest BCUT2D eigenvalue weighted by Crippen LogP contribution is 2.39. The fourth-order valence-electron chi connectivity index (χ4n) is 2.14. The third-order valence-corrected chi connectivity index (χ3v) is 4.43. The minimum Gasteiger partial charge on any atom is -0.493 e. The first kappa shape index (κ1) is 13.2. The van der Waals surface area contributed by atoms with E-state index in [-0.39, 0.29) is 5.38 Å². The Labute approximate surface area is 117 Å². The van der Waals surface area contributed by atoms with E-state index < -0.39 is 0 Å². The van der Waals surface area contributed by atoms with Gasteiger partial charge in [-0.05, 0) is 52.9 Å². The van der Waals surface area contributed by atoms with Crippen LogP contribution < -0.4 is 4.74 Å². The standard InChI is InChI=1S/C14H18BrClO/c1-2-17-14-7-6-11(9-12(14)15)13(16)8-10-4-3-5-10/h6-7,9-10,13H,2-5,8H2,1H3.